The molecule has 0 fully saturated rings. The molecule has 0 amide bonds. The average molecular weight is 492 g/mol. The van der Waals surface area contributed by atoms with Gasteiger partial charge in [0.15, 0.2) is 11.2 Å². The van der Waals surface area contributed by atoms with Crippen molar-refractivity contribution in [2.24, 2.45) is 0 Å². The van der Waals surface area contributed by atoms with Gasteiger partial charge in [-0.25, -0.2) is 9.37 Å². The van der Waals surface area contributed by atoms with Crippen LogP contribution in [-0.2, 0) is 6.54 Å². The standard InChI is InChI=1S/C25H19ClFN5O3/c1-14-5-7-16(24-30-22-20(35-24)4-3-9-28-22)11-19(14)29-25-31-23(33)21(34-2)13-32(25)12-15-6-8-18(27)17(26)10-15/h3-11,13H,12H2,1-2H3,(H,29,31,33). The Morgan fingerprint density at radius 1 is 1.17 bits per heavy atom. The largest absolute Gasteiger partial charge is 0.490 e. The highest BCUT2D eigenvalue weighted by Crippen LogP contribution is 2.29. The summed E-state index contributed by atoms with van der Waals surface area (Å²) in [5, 5.41) is 3.24. The second-order valence-electron chi connectivity index (χ2n) is 7.81. The summed E-state index contributed by atoms with van der Waals surface area (Å²) in [6, 6.07) is 13.7. The van der Waals surface area contributed by atoms with Gasteiger partial charge in [0.2, 0.25) is 17.6 Å². The molecule has 5 rings (SSSR count). The number of pyridine rings is 1. The molecule has 0 aliphatic rings. The predicted octanol–water partition coefficient (Wildman–Crippen LogP) is 5.35. The first-order valence-corrected chi connectivity index (χ1v) is 11.0. The van der Waals surface area contributed by atoms with Gasteiger partial charge in [-0.1, -0.05) is 23.7 Å². The van der Waals surface area contributed by atoms with Gasteiger partial charge in [-0.15, -0.1) is 0 Å². The molecule has 1 N–H and O–H groups in total. The number of hydrogen-bond donors (Lipinski definition) is 1. The number of benzene rings is 2. The summed E-state index contributed by atoms with van der Waals surface area (Å²) >= 11 is 5.95. The van der Waals surface area contributed by atoms with Crippen LogP contribution in [-0.4, -0.2) is 26.6 Å². The summed E-state index contributed by atoms with van der Waals surface area (Å²) in [5.74, 6) is 0.262. The number of nitrogens with zero attached hydrogens (tertiary/aromatic N) is 4. The Bertz CT molecular complexity index is 1580. The number of nitrogens with one attached hydrogen (secondary N) is 1. The number of rotatable bonds is 6. The maximum atomic E-state index is 13.6. The van der Waals surface area contributed by atoms with E-state index < -0.39 is 11.4 Å². The Balaban J connectivity index is 1.53. The van der Waals surface area contributed by atoms with Gasteiger partial charge in [-0.05, 0) is 54.4 Å². The monoisotopic (exact) mass is 491 g/mol. The van der Waals surface area contributed by atoms with E-state index in [4.69, 9.17) is 20.8 Å². The van der Waals surface area contributed by atoms with Crippen LogP contribution in [0.15, 0.2) is 70.1 Å². The van der Waals surface area contributed by atoms with Gasteiger partial charge in [0.05, 0.1) is 24.9 Å². The van der Waals surface area contributed by atoms with Crippen molar-refractivity contribution in [3.05, 3.63) is 93.2 Å². The van der Waals surface area contributed by atoms with Crippen molar-refractivity contribution < 1.29 is 13.5 Å². The minimum absolute atomic E-state index is 0.00866. The Morgan fingerprint density at radius 2 is 2.03 bits per heavy atom. The third-order valence-electron chi connectivity index (χ3n) is 5.42. The fourth-order valence-electron chi connectivity index (χ4n) is 3.57. The molecule has 0 atom stereocenters. The molecule has 3 aromatic heterocycles. The normalized spacial score (nSPS) is 11.1. The molecule has 176 valence electrons. The summed E-state index contributed by atoms with van der Waals surface area (Å²) in [6.45, 7) is 2.19. The second-order valence-corrected chi connectivity index (χ2v) is 8.22. The highest BCUT2D eigenvalue weighted by Gasteiger charge is 2.14. The molecule has 0 aliphatic heterocycles. The van der Waals surface area contributed by atoms with Crippen LogP contribution in [0.4, 0.5) is 16.0 Å². The molecule has 8 nitrogen and oxygen atoms in total. The summed E-state index contributed by atoms with van der Waals surface area (Å²) in [4.78, 5) is 25.3. The number of hydrogen-bond acceptors (Lipinski definition) is 7. The van der Waals surface area contributed by atoms with Gasteiger partial charge in [0, 0.05) is 17.4 Å². The van der Waals surface area contributed by atoms with Gasteiger partial charge in [0.25, 0.3) is 0 Å². The smallest absolute Gasteiger partial charge is 0.316 e. The maximum Gasteiger partial charge on any atom is 0.316 e. The van der Waals surface area contributed by atoms with Crippen LogP contribution in [0, 0.1) is 12.7 Å². The minimum Gasteiger partial charge on any atom is -0.490 e. The molecular weight excluding hydrogens is 473 g/mol. The van der Waals surface area contributed by atoms with Crippen molar-refractivity contribution in [2.75, 3.05) is 12.4 Å². The van der Waals surface area contributed by atoms with Gasteiger partial charge in [-0.2, -0.15) is 9.97 Å². The minimum atomic E-state index is -0.526. The van der Waals surface area contributed by atoms with Crippen molar-refractivity contribution in [2.45, 2.75) is 13.5 Å². The Labute approximate surface area is 204 Å². The summed E-state index contributed by atoms with van der Waals surface area (Å²) in [5.41, 5.74) is 3.62. The molecule has 0 spiro atoms. The van der Waals surface area contributed by atoms with Gasteiger partial charge in [-0.3, -0.25) is 4.79 Å². The molecule has 0 unspecified atom stereocenters. The highest BCUT2D eigenvalue weighted by atomic mass is 35.5. The highest BCUT2D eigenvalue weighted by molar-refractivity contribution is 6.30. The van der Waals surface area contributed by atoms with Crippen molar-refractivity contribution >= 4 is 34.5 Å². The Kier molecular flexibility index (Phi) is 5.92. The second kappa shape index (κ2) is 9.19. The summed E-state index contributed by atoms with van der Waals surface area (Å²) in [6.07, 6.45) is 3.19. The maximum absolute atomic E-state index is 13.6. The van der Waals surface area contributed by atoms with Crippen molar-refractivity contribution in [3.8, 4) is 17.2 Å². The van der Waals surface area contributed by atoms with E-state index in [0.29, 0.717) is 22.8 Å². The molecular formula is C25H19ClFN5O3. The zero-order valence-electron chi connectivity index (χ0n) is 18.8. The van der Waals surface area contributed by atoms with Gasteiger partial charge < -0.3 is 19.0 Å². The summed E-state index contributed by atoms with van der Waals surface area (Å²) < 4.78 is 26.3. The Hall–Kier alpha value is -4.24. The van der Waals surface area contributed by atoms with E-state index in [2.05, 4.69) is 20.3 Å². The van der Waals surface area contributed by atoms with E-state index in [1.54, 1.807) is 35.2 Å². The van der Waals surface area contributed by atoms with Crippen LogP contribution in [0.25, 0.3) is 22.7 Å². The molecule has 0 saturated carbocycles. The van der Waals surface area contributed by atoms with E-state index >= 15 is 0 Å². The molecule has 0 radical (unpaired) electrons. The van der Waals surface area contributed by atoms with Crippen LogP contribution in [0.3, 0.4) is 0 Å². The van der Waals surface area contributed by atoms with Crippen molar-refractivity contribution in [1.82, 2.24) is 19.5 Å². The third-order valence-corrected chi connectivity index (χ3v) is 5.71. The quantitative estimate of drug-likeness (QED) is 0.342. The third kappa shape index (κ3) is 4.58. The first-order valence-electron chi connectivity index (χ1n) is 10.6. The van der Waals surface area contributed by atoms with E-state index in [9.17, 15) is 9.18 Å². The van der Waals surface area contributed by atoms with Gasteiger partial charge >= 0.3 is 5.56 Å². The lowest BCUT2D eigenvalue weighted by molar-refractivity contribution is 0.402. The van der Waals surface area contributed by atoms with E-state index in [-0.39, 0.29) is 23.3 Å². The Morgan fingerprint density at radius 3 is 2.80 bits per heavy atom. The van der Waals surface area contributed by atoms with E-state index in [1.807, 2.05) is 25.1 Å². The van der Waals surface area contributed by atoms with Crippen LogP contribution >= 0.6 is 11.6 Å². The van der Waals surface area contributed by atoms with Crippen LogP contribution < -0.4 is 15.6 Å². The van der Waals surface area contributed by atoms with E-state index in [1.165, 1.54) is 19.2 Å². The topological polar surface area (TPSA) is 95.1 Å². The number of aromatic nitrogens is 4. The number of ether oxygens (including phenoxy) is 1. The molecule has 35 heavy (non-hydrogen) atoms. The molecule has 2 aromatic carbocycles. The van der Waals surface area contributed by atoms with Gasteiger partial charge in [0.1, 0.15) is 5.82 Å². The SMILES string of the molecule is COc1cn(Cc2ccc(F)c(Cl)c2)c(Nc2cc(-c3nc4ncccc4o3)ccc2C)nc1=O. The number of anilines is 2. The van der Waals surface area contributed by atoms with Crippen LogP contribution in [0.5, 0.6) is 5.75 Å². The lowest BCUT2D eigenvalue weighted by Crippen LogP contribution is -2.19. The molecule has 0 aliphatic carbocycles. The average Bonchev–Trinajstić information content (AvgIpc) is 3.28. The van der Waals surface area contributed by atoms with E-state index in [0.717, 1.165) is 16.7 Å². The number of fused-ring (bicyclic) bond motifs is 1. The number of halogens is 2. The predicted molar refractivity (Wildman–Crippen MR) is 131 cm³/mol. The van der Waals surface area contributed by atoms with Crippen LogP contribution in [0.2, 0.25) is 5.02 Å². The number of oxazole rings is 1. The molecule has 10 heteroatoms. The fraction of sp³-hybridized carbons (Fsp3) is 0.120. The van der Waals surface area contributed by atoms with Crippen molar-refractivity contribution in [1.29, 1.82) is 0 Å². The number of methoxy groups -OCH3 is 1. The molecule has 3 heterocycles. The first-order chi connectivity index (χ1) is 16.9. The molecule has 0 bridgehead atoms. The summed E-state index contributed by atoms with van der Waals surface area (Å²) in [7, 11) is 1.40. The molecule has 5 aromatic rings. The first kappa shape index (κ1) is 22.5. The van der Waals surface area contributed by atoms with Crippen molar-refractivity contribution in [3.63, 3.8) is 0 Å². The molecule has 0 saturated heterocycles. The fourth-order valence-corrected chi connectivity index (χ4v) is 3.77. The zero-order chi connectivity index (χ0) is 24.5. The van der Waals surface area contributed by atoms with Crippen LogP contribution in [0.1, 0.15) is 11.1 Å². The zero-order valence-corrected chi connectivity index (χ0v) is 19.5. The lowest BCUT2D eigenvalue weighted by atomic mass is 10.1. The lowest BCUT2D eigenvalue weighted by Gasteiger charge is -2.17. The number of aryl methyl sites for hydroxylation is 1.